The Morgan fingerprint density at radius 3 is 2.21 bits per heavy atom. The van der Waals surface area contributed by atoms with Crippen molar-refractivity contribution in [2.24, 2.45) is 0 Å². The average Bonchev–Trinajstić information content (AvgIpc) is 2.12. The molecule has 0 amide bonds. The summed E-state index contributed by atoms with van der Waals surface area (Å²) in [7, 11) is 5.85. The third kappa shape index (κ3) is 5.51. The lowest BCUT2D eigenvalue weighted by atomic mass is 10.4. The van der Waals surface area contributed by atoms with Crippen molar-refractivity contribution < 1.29 is 14.9 Å². The number of aliphatic hydroxyl groups excluding tert-OH is 2. The van der Waals surface area contributed by atoms with Crippen molar-refractivity contribution in [1.29, 1.82) is 0 Å². The van der Waals surface area contributed by atoms with Gasteiger partial charge in [0.15, 0.2) is 0 Å². The van der Waals surface area contributed by atoms with E-state index in [4.69, 9.17) is 14.9 Å². The Balaban J connectivity index is 3.88. The van der Waals surface area contributed by atoms with Gasteiger partial charge in [0.05, 0.1) is 32.6 Å². The van der Waals surface area contributed by atoms with Gasteiger partial charge in [-0.2, -0.15) is 0 Å². The first kappa shape index (κ1) is 13.8. The third-order valence-electron chi connectivity index (χ3n) is 2.06. The summed E-state index contributed by atoms with van der Waals surface area (Å²) in [5.74, 6) is 0. The molecule has 0 aromatic carbocycles. The summed E-state index contributed by atoms with van der Waals surface area (Å²) in [4.78, 5) is 4.03. The van der Waals surface area contributed by atoms with E-state index in [1.54, 1.807) is 0 Å². The molecule has 0 aliphatic heterocycles. The van der Waals surface area contributed by atoms with Gasteiger partial charge < -0.3 is 14.9 Å². The molecule has 0 fully saturated rings. The van der Waals surface area contributed by atoms with Crippen molar-refractivity contribution in [3.8, 4) is 0 Å². The largest absolute Gasteiger partial charge is 0.395 e. The monoisotopic (exact) mass is 206 g/mol. The van der Waals surface area contributed by atoms with Gasteiger partial charge in [0.2, 0.25) is 0 Å². The quantitative estimate of drug-likeness (QED) is 0.386. The molecular formula is C9H22N2O3. The Kier molecular flexibility index (Phi) is 8.02. The molecular weight excluding hydrogens is 184 g/mol. The molecule has 0 bridgehead atoms. The van der Waals surface area contributed by atoms with Crippen molar-refractivity contribution in [2.45, 2.75) is 6.17 Å². The van der Waals surface area contributed by atoms with E-state index in [9.17, 15) is 0 Å². The lowest BCUT2D eigenvalue weighted by molar-refractivity contribution is -0.00808. The Bertz CT molecular complexity index is 133. The molecule has 0 saturated heterocycles. The fraction of sp³-hybridized carbons (Fsp3) is 1.00. The van der Waals surface area contributed by atoms with Gasteiger partial charge in [0.1, 0.15) is 0 Å². The van der Waals surface area contributed by atoms with E-state index < -0.39 is 0 Å². The summed E-state index contributed by atoms with van der Waals surface area (Å²) in [6, 6.07) is 0. The molecule has 0 rings (SSSR count). The lowest BCUT2D eigenvalue weighted by Gasteiger charge is -2.32. The highest BCUT2D eigenvalue weighted by molar-refractivity contribution is 4.64. The Morgan fingerprint density at radius 1 is 1.14 bits per heavy atom. The average molecular weight is 206 g/mol. The second-order valence-corrected chi connectivity index (χ2v) is 3.45. The van der Waals surface area contributed by atoms with Crippen LogP contribution >= 0.6 is 0 Å². The molecule has 86 valence electrons. The first-order valence-corrected chi connectivity index (χ1v) is 4.79. The molecule has 0 aromatic heterocycles. The van der Waals surface area contributed by atoms with E-state index >= 15 is 0 Å². The van der Waals surface area contributed by atoms with Gasteiger partial charge in [0, 0.05) is 6.54 Å². The van der Waals surface area contributed by atoms with Crippen LogP contribution in [0.5, 0.6) is 0 Å². The first-order chi connectivity index (χ1) is 6.63. The van der Waals surface area contributed by atoms with Crippen LogP contribution in [0.2, 0.25) is 0 Å². The minimum absolute atomic E-state index is 0.0455. The topological polar surface area (TPSA) is 56.2 Å². The van der Waals surface area contributed by atoms with Gasteiger partial charge in [-0.25, -0.2) is 0 Å². The maximum absolute atomic E-state index is 8.80. The zero-order chi connectivity index (χ0) is 11.0. The Labute approximate surface area is 85.9 Å². The predicted molar refractivity (Wildman–Crippen MR) is 55.1 cm³/mol. The van der Waals surface area contributed by atoms with Crippen LogP contribution in [0.4, 0.5) is 0 Å². The van der Waals surface area contributed by atoms with Crippen molar-refractivity contribution in [2.75, 3.05) is 54.1 Å². The molecule has 2 N–H and O–H groups in total. The molecule has 0 aliphatic rings. The zero-order valence-corrected chi connectivity index (χ0v) is 9.31. The van der Waals surface area contributed by atoms with E-state index in [2.05, 4.69) is 0 Å². The second kappa shape index (κ2) is 8.14. The van der Waals surface area contributed by atoms with Gasteiger partial charge in [-0.3, -0.25) is 9.80 Å². The van der Waals surface area contributed by atoms with Gasteiger partial charge in [-0.15, -0.1) is 0 Å². The van der Waals surface area contributed by atoms with Crippen LogP contribution in [0, 0.1) is 0 Å². The van der Waals surface area contributed by atoms with Crippen molar-refractivity contribution in [3.05, 3.63) is 0 Å². The van der Waals surface area contributed by atoms with E-state index in [-0.39, 0.29) is 19.4 Å². The third-order valence-corrected chi connectivity index (χ3v) is 2.06. The molecule has 5 heteroatoms. The van der Waals surface area contributed by atoms with Gasteiger partial charge >= 0.3 is 0 Å². The maximum atomic E-state index is 8.80. The Hall–Kier alpha value is -0.200. The van der Waals surface area contributed by atoms with E-state index in [0.29, 0.717) is 19.8 Å². The molecule has 1 atom stereocenters. The Morgan fingerprint density at radius 2 is 1.79 bits per heavy atom. The smallest absolute Gasteiger partial charge is 0.0857 e. The van der Waals surface area contributed by atoms with Crippen LogP contribution in [-0.4, -0.2) is 80.3 Å². The van der Waals surface area contributed by atoms with Crippen molar-refractivity contribution in [3.63, 3.8) is 0 Å². The van der Waals surface area contributed by atoms with Crippen LogP contribution in [-0.2, 0) is 4.74 Å². The molecule has 1 unspecified atom stereocenters. The second-order valence-electron chi connectivity index (χ2n) is 3.45. The fourth-order valence-corrected chi connectivity index (χ4v) is 1.23. The van der Waals surface area contributed by atoms with Gasteiger partial charge in [-0.1, -0.05) is 0 Å². The SMILES string of the molecule is CN(C)C(COCCO)N(C)CCO. The van der Waals surface area contributed by atoms with Crippen LogP contribution in [0.1, 0.15) is 0 Å². The molecule has 0 heterocycles. The fourth-order valence-electron chi connectivity index (χ4n) is 1.23. The van der Waals surface area contributed by atoms with E-state index in [1.165, 1.54) is 0 Å². The standard InChI is InChI=1S/C9H22N2O3/c1-10(2)9(8-14-7-6-13)11(3)4-5-12/h9,12-13H,4-8H2,1-3H3. The molecule has 14 heavy (non-hydrogen) atoms. The molecule has 5 nitrogen and oxygen atoms in total. The van der Waals surface area contributed by atoms with Crippen molar-refractivity contribution in [1.82, 2.24) is 9.80 Å². The number of nitrogens with zero attached hydrogens (tertiary/aromatic N) is 2. The number of hydrogen-bond donors (Lipinski definition) is 2. The normalized spacial score (nSPS) is 13.9. The molecule has 0 aliphatic carbocycles. The summed E-state index contributed by atoms with van der Waals surface area (Å²) in [5, 5.41) is 17.4. The summed E-state index contributed by atoms with van der Waals surface area (Å²) in [5.41, 5.74) is 0. The summed E-state index contributed by atoms with van der Waals surface area (Å²) in [6.07, 6.45) is 0.133. The molecule has 0 spiro atoms. The summed E-state index contributed by atoms with van der Waals surface area (Å²) >= 11 is 0. The maximum Gasteiger partial charge on any atom is 0.0857 e. The van der Waals surface area contributed by atoms with Crippen molar-refractivity contribution >= 4 is 0 Å². The highest BCUT2D eigenvalue weighted by atomic mass is 16.5. The highest BCUT2D eigenvalue weighted by Gasteiger charge is 2.16. The molecule has 0 aromatic rings. The zero-order valence-electron chi connectivity index (χ0n) is 9.31. The van der Waals surface area contributed by atoms with Crippen LogP contribution < -0.4 is 0 Å². The molecule has 0 saturated carbocycles. The van der Waals surface area contributed by atoms with Crippen LogP contribution in [0.3, 0.4) is 0 Å². The van der Waals surface area contributed by atoms with E-state index in [0.717, 1.165) is 0 Å². The minimum Gasteiger partial charge on any atom is -0.395 e. The van der Waals surface area contributed by atoms with E-state index in [1.807, 2.05) is 30.9 Å². The van der Waals surface area contributed by atoms with Gasteiger partial charge in [-0.05, 0) is 21.1 Å². The molecule has 0 radical (unpaired) electrons. The van der Waals surface area contributed by atoms with Crippen LogP contribution in [0.15, 0.2) is 0 Å². The number of hydrogen-bond acceptors (Lipinski definition) is 5. The van der Waals surface area contributed by atoms with Gasteiger partial charge in [0.25, 0.3) is 0 Å². The predicted octanol–water partition coefficient (Wildman–Crippen LogP) is -1.19. The lowest BCUT2D eigenvalue weighted by Crippen LogP contribution is -2.47. The van der Waals surface area contributed by atoms with Crippen LogP contribution in [0.25, 0.3) is 0 Å². The number of ether oxygens (including phenoxy) is 1. The summed E-state index contributed by atoms with van der Waals surface area (Å²) < 4.78 is 5.26. The first-order valence-electron chi connectivity index (χ1n) is 4.79. The minimum atomic E-state index is 0.0455. The number of aliphatic hydroxyl groups is 2. The summed E-state index contributed by atoms with van der Waals surface area (Å²) in [6.45, 7) is 1.69. The number of likely N-dealkylation sites (N-methyl/N-ethyl adjacent to an activating group) is 2. The highest BCUT2D eigenvalue weighted by Crippen LogP contribution is 2.00. The number of rotatable bonds is 8.